The van der Waals surface area contributed by atoms with Crippen LogP contribution in [0.15, 0.2) is 24.3 Å². The molecule has 1 heterocycles. The standard InChI is InChI=1S/C15H21N3/c1-11-4-6-14(7-5-11)10-15-12(2)17-18(9-8-16)13(15)3/h4-7H,8-10,16H2,1-3H3. The molecule has 0 aliphatic heterocycles. The molecular weight excluding hydrogens is 222 g/mol. The van der Waals surface area contributed by atoms with E-state index in [-0.39, 0.29) is 0 Å². The van der Waals surface area contributed by atoms with Crippen LogP contribution in [0.25, 0.3) is 0 Å². The lowest BCUT2D eigenvalue weighted by Gasteiger charge is -2.05. The fourth-order valence-corrected chi connectivity index (χ4v) is 2.24. The second kappa shape index (κ2) is 5.36. The lowest BCUT2D eigenvalue weighted by molar-refractivity contribution is 0.603. The van der Waals surface area contributed by atoms with E-state index in [9.17, 15) is 0 Å². The number of rotatable bonds is 4. The highest BCUT2D eigenvalue weighted by Gasteiger charge is 2.11. The summed E-state index contributed by atoms with van der Waals surface area (Å²) in [5.74, 6) is 0. The van der Waals surface area contributed by atoms with Crippen LogP contribution >= 0.6 is 0 Å². The largest absolute Gasteiger partial charge is 0.329 e. The summed E-state index contributed by atoms with van der Waals surface area (Å²) in [6, 6.07) is 8.69. The van der Waals surface area contributed by atoms with Crippen LogP contribution < -0.4 is 5.73 Å². The van der Waals surface area contributed by atoms with E-state index < -0.39 is 0 Å². The average Bonchev–Trinajstić information content (AvgIpc) is 2.60. The molecule has 18 heavy (non-hydrogen) atoms. The van der Waals surface area contributed by atoms with Gasteiger partial charge in [0.05, 0.1) is 12.2 Å². The van der Waals surface area contributed by atoms with Gasteiger partial charge in [-0.1, -0.05) is 29.8 Å². The Balaban J connectivity index is 2.26. The van der Waals surface area contributed by atoms with E-state index in [0.29, 0.717) is 6.54 Å². The third kappa shape index (κ3) is 2.62. The van der Waals surface area contributed by atoms with Crippen LogP contribution in [0.1, 0.15) is 28.1 Å². The Morgan fingerprint density at radius 2 is 1.78 bits per heavy atom. The Hall–Kier alpha value is -1.61. The van der Waals surface area contributed by atoms with Crippen molar-refractivity contribution >= 4 is 0 Å². The molecule has 0 spiro atoms. The van der Waals surface area contributed by atoms with Crippen LogP contribution in [0.2, 0.25) is 0 Å². The predicted octanol–water partition coefficient (Wildman–Crippen LogP) is 2.36. The molecular formula is C15H21N3. The van der Waals surface area contributed by atoms with Crippen LogP contribution in [0.5, 0.6) is 0 Å². The van der Waals surface area contributed by atoms with E-state index >= 15 is 0 Å². The molecule has 0 saturated heterocycles. The van der Waals surface area contributed by atoms with Gasteiger partial charge < -0.3 is 5.73 Å². The first kappa shape index (κ1) is 12.8. The highest BCUT2D eigenvalue weighted by atomic mass is 15.3. The van der Waals surface area contributed by atoms with Gasteiger partial charge in [-0.3, -0.25) is 4.68 Å². The zero-order valence-electron chi connectivity index (χ0n) is 11.4. The molecule has 1 aromatic carbocycles. The normalized spacial score (nSPS) is 10.9. The van der Waals surface area contributed by atoms with Gasteiger partial charge in [0.2, 0.25) is 0 Å². The molecule has 2 N–H and O–H groups in total. The van der Waals surface area contributed by atoms with E-state index in [1.165, 1.54) is 22.4 Å². The molecule has 3 heteroatoms. The fraction of sp³-hybridized carbons (Fsp3) is 0.400. The number of benzene rings is 1. The maximum atomic E-state index is 5.60. The lowest BCUT2D eigenvalue weighted by Crippen LogP contribution is -2.12. The molecule has 0 fully saturated rings. The molecule has 0 radical (unpaired) electrons. The number of nitrogens with zero attached hydrogens (tertiary/aromatic N) is 2. The topological polar surface area (TPSA) is 43.8 Å². The fourth-order valence-electron chi connectivity index (χ4n) is 2.24. The first-order valence-corrected chi connectivity index (χ1v) is 6.40. The summed E-state index contributed by atoms with van der Waals surface area (Å²) in [5.41, 5.74) is 11.9. The van der Waals surface area contributed by atoms with Gasteiger partial charge in [-0.25, -0.2) is 0 Å². The Morgan fingerprint density at radius 1 is 1.11 bits per heavy atom. The molecule has 0 bridgehead atoms. The Kier molecular flexibility index (Phi) is 3.82. The molecule has 3 nitrogen and oxygen atoms in total. The van der Waals surface area contributed by atoms with Gasteiger partial charge in [-0.2, -0.15) is 5.10 Å². The van der Waals surface area contributed by atoms with Crippen molar-refractivity contribution in [1.82, 2.24) is 9.78 Å². The molecule has 0 aliphatic rings. The van der Waals surface area contributed by atoms with Crippen molar-refractivity contribution in [3.63, 3.8) is 0 Å². The zero-order valence-corrected chi connectivity index (χ0v) is 11.4. The number of aryl methyl sites for hydroxylation is 2. The van der Waals surface area contributed by atoms with Gasteiger partial charge >= 0.3 is 0 Å². The third-order valence-corrected chi connectivity index (χ3v) is 3.37. The molecule has 0 amide bonds. The predicted molar refractivity (Wildman–Crippen MR) is 74.7 cm³/mol. The second-order valence-corrected chi connectivity index (χ2v) is 4.82. The molecule has 0 saturated carbocycles. The van der Waals surface area contributed by atoms with Gasteiger partial charge in [0, 0.05) is 24.2 Å². The quantitative estimate of drug-likeness (QED) is 0.896. The van der Waals surface area contributed by atoms with Crippen molar-refractivity contribution in [2.24, 2.45) is 5.73 Å². The Bertz CT molecular complexity index is 523. The van der Waals surface area contributed by atoms with E-state index in [0.717, 1.165) is 18.7 Å². The zero-order chi connectivity index (χ0) is 13.1. The highest BCUT2D eigenvalue weighted by molar-refractivity contribution is 5.33. The SMILES string of the molecule is Cc1ccc(Cc2c(C)nn(CCN)c2C)cc1. The van der Waals surface area contributed by atoms with E-state index in [1.807, 2.05) is 4.68 Å². The summed E-state index contributed by atoms with van der Waals surface area (Å²) in [5, 5.41) is 4.55. The molecule has 96 valence electrons. The van der Waals surface area contributed by atoms with Crippen molar-refractivity contribution in [3.8, 4) is 0 Å². The molecule has 1 aromatic heterocycles. The second-order valence-electron chi connectivity index (χ2n) is 4.82. The van der Waals surface area contributed by atoms with Crippen molar-refractivity contribution in [2.45, 2.75) is 33.7 Å². The van der Waals surface area contributed by atoms with Crippen molar-refractivity contribution in [3.05, 3.63) is 52.3 Å². The molecule has 2 aromatic rings. The van der Waals surface area contributed by atoms with Gasteiger partial charge in [0.15, 0.2) is 0 Å². The summed E-state index contributed by atoms with van der Waals surface area (Å²) in [4.78, 5) is 0. The third-order valence-electron chi connectivity index (χ3n) is 3.37. The van der Waals surface area contributed by atoms with Crippen LogP contribution in [0, 0.1) is 20.8 Å². The van der Waals surface area contributed by atoms with Gasteiger partial charge in [-0.05, 0) is 26.3 Å². The summed E-state index contributed by atoms with van der Waals surface area (Å²) in [6.07, 6.45) is 0.947. The first-order chi connectivity index (χ1) is 8.61. The van der Waals surface area contributed by atoms with E-state index in [4.69, 9.17) is 5.73 Å². The maximum absolute atomic E-state index is 5.60. The Morgan fingerprint density at radius 3 is 2.39 bits per heavy atom. The molecule has 0 aliphatic carbocycles. The Labute approximate surface area is 109 Å². The van der Waals surface area contributed by atoms with Crippen LogP contribution in [-0.4, -0.2) is 16.3 Å². The highest BCUT2D eigenvalue weighted by Crippen LogP contribution is 2.18. The van der Waals surface area contributed by atoms with Crippen LogP contribution in [0.3, 0.4) is 0 Å². The van der Waals surface area contributed by atoms with Gasteiger partial charge in [0.1, 0.15) is 0 Å². The van der Waals surface area contributed by atoms with Gasteiger partial charge in [-0.15, -0.1) is 0 Å². The van der Waals surface area contributed by atoms with E-state index in [1.54, 1.807) is 0 Å². The first-order valence-electron chi connectivity index (χ1n) is 6.40. The maximum Gasteiger partial charge on any atom is 0.0631 e. The van der Waals surface area contributed by atoms with Crippen LogP contribution in [-0.2, 0) is 13.0 Å². The number of hydrogen-bond donors (Lipinski definition) is 1. The van der Waals surface area contributed by atoms with E-state index in [2.05, 4.69) is 50.1 Å². The summed E-state index contributed by atoms with van der Waals surface area (Å²) in [6.45, 7) is 7.73. The number of nitrogens with two attached hydrogens (primary N) is 1. The average molecular weight is 243 g/mol. The monoisotopic (exact) mass is 243 g/mol. The molecule has 0 unspecified atom stereocenters. The minimum Gasteiger partial charge on any atom is -0.329 e. The minimum atomic E-state index is 0.631. The smallest absolute Gasteiger partial charge is 0.0631 e. The number of aromatic nitrogens is 2. The summed E-state index contributed by atoms with van der Waals surface area (Å²) < 4.78 is 2.01. The van der Waals surface area contributed by atoms with Crippen molar-refractivity contribution < 1.29 is 0 Å². The van der Waals surface area contributed by atoms with Crippen LogP contribution in [0.4, 0.5) is 0 Å². The lowest BCUT2D eigenvalue weighted by atomic mass is 10.0. The molecule has 2 rings (SSSR count). The molecule has 0 atom stereocenters. The number of hydrogen-bond acceptors (Lipinski definition) is 2. The minimum absolute atomic E-state index is 0.631. The summed E-state index contributed by atoms with van der Waals surface area (Å²) in [7, 11) is 0. The van der Waals surface area contributed by atoms with Crippen molar-refractivity contribution in [1.29, 1.82) is 0 Å². The van der Waals surface area contributed by atoms with Gasteiger partial charge in [0.25, 0.3) is 0 Å². The summed E-state index contributed by atoms with van der Waals surface area (Å²) >= 11 is 0. The van der Waals surface area contributed by atoms with Crippen molar-refractivity contribution in [2.75, 3.05) is 6.54 Å².